The highest BCUT2D eigenvalue weighted by atomic mass is 16.6. The number of carbonyl (C=O) groups excluding carboxylic acids is 1. The zero-order chi connectivity index (χ0) is 25.3. The highest BCUT2D eigenvalue weighted by Crippen LogP contribution is 2.38. The van der Waals surface area contributed by atoms with Crippen molar-refractivity contribution in [2.24, 2.45) is 5.73 Å². The van der Waals surface area contributed by atoms with Crippen LogP contribution in [0.25, 0.3) is 0 Å². The van der Waals surface area contributed by atoms with E-state index in [9.17, 15) is 14.9 Å². The average molecular weight is 482 g/mol. The van der Waals surface area contributed by atoms with Crippen molar-refractivity contribution in [3.8, 4) is 0 Å². The molecule has 0 atom stereocenters. The second-order valence-electron chi connectivity index (χ2n) is 9.89. The Morgan fingerprint density at radius 1 is 1.11 bits per heavy atom. The summed E-state index contributed by atoms with van der Waals surface area (Å²) in [5, 5.41) is 15.2. The molecule has 0 bridgehead atoms. The second-order valence-corrected chi connectivity index (χ2v) is 9.89. The molecule has 0 aliphatic heterocycles. The fraction of sp³-hybridized carbons (Fsp3) is 0.560. The smallest absolute Gasteiger partial charge is 0.319 e. The monoisotopic (exact) mass is 481 g/mol. The lowest BCUT2D eigenvalue weighted by Crippen LogP contribution is -2.47. The zero-order valence-corrected chi connectivity index (χ0v) is 21.0. The third-order valence-electron chi connectivity index (χ3n) is 7.34. The lowest BCUT2D eigenvalue weighted by Gasteiger charge is -2.37. The molecular weight excluding hydrogens is 446 g/mol. The highest BCUT2D eigenvalue weighted by Gasteiger charge is 2.34. The van der Waals surface area contributed by atoms with Gasteiger partial charge in [-0.3, -0.25) is 15.0 Å². The van der Waals surface area contributed by atoms with Crippen LogP contribution >= 0.6 is 0 Å². The molecule has 0 unspecified atom stereocenters. The fourth-order valence-corrected chi connectivity index (χ4v) is 5.38. The van der Waals surface area contributed by atoms with Crippen molar-refractivity contribution in [3.05, 3.63) is 44.6 Å². The average Bonchev–Trinajstić information content (AvgIpc) is 2.82. The van der Waals surface area contributed by atoms with Gasteiger partial charge in [0.25, 0.3) is 5.69 Å². The maximum atomic E-state index is 12.5. The Morgan fingerprint density at radius 2 is 1.80 bits per heavy atom. The Morgan fingerprint density at radius 3 is 2.43 bits per heavy atom. The first-order valence-electron chi connectivity index (χ1n) is 12.3. The van der Waals surface area contributed by atoms with Crippen molar-refractivity contribution in [1.29, 1.82) is 0 Å². The molecule has 1 aromatic carbocycles. The largest absolute Gasteiger partial charge is 0.362 e. The fourth-order valence-electron chi connectivity index (χ4n) is 5.38. The van der Waals surface area contributed by atoms with E-state index in [0.29, 0.717) is 30.0 Å². The first-order chi connectivity index (χ1) is 16.7. The van der Waals surface area contributed by atoms with Gasteiger partial charge < -0.3 is 16.0 Å². The van der Waals surface area contributed by atoms with Gasteiger partial charge >= 0.3 is 6.03 Å². The van der Waals surface area contributed by atoms with Gasteiger partial charge in [-0.2, -0.15) is 4.98 Å². The van der Waals surface area contributed by atoms with Crippen molar-refractivity contribution in [2.75, 3.05) is 29.2 Å². The number of rotatable bonds is 6. The SMILES string of the molecule is Cc1ccc([N+](=O)[O-])c(N(C(N)=O)[C@H]2CC[C@@H](Nc3nc4c(c(N(C)C)n3)CCCC4)CC2)c1C. The number of nitrogens with two attached hydrogens (primary N) is 1. The quantitative estimate of drug-likeness (QED) is 0.466. The number of aromatic nitrogens is 2. The number of hydrogen-bond donors (Lipinski definition) is 2. The summed E-state index contributed by atoms with van der Waals surface area (Å²) in [6.07, 6.45) is 7.23. The third kappa shape index (κ3) is 5.01. The van der Waals surface area contributed by atoms with Crippen LogP contribution in [0.1, 0.15) is 60.9 Å². The van der Waals surface area contributed by atoms with Crippen molar-refractivity contribution in [1.82, 2.24) is 9.97 Å². The molecule has 1 aromatic heterocycles. The topological polar surface area (TPSA) is 131 Å². The number of nitrogens with one attached hydrogen (secondary N) is 1. The summed E-state index contributed by atoms with van der Waals surface area (Å²) in [5.41, 5.74) is 9.97. The standard InChI is InChI=1S/C25H35N7O3/c1-15-9-14-21(32(34)35)22(16(15)2)31(24(26)33)18-12-10-17(11-13-18)27-25-28-20-8-6-5-7-19(20)23(29-25)30(3)4/h9,14,17-18H,5-8,10-13H2,1-4H3,(H2,26,33)(H,27,28,29)/t17-,18+. The molecule has 0 saturated heterocycles. The van der Waals surface area contributed by atoms with E-state index >= 15 is 0 Å². The van der Waals surface area contributed by atoms with Gasteiger partial charge in [-0.25, -0.2) is 9.78 Å². The molecule has 1 heterocycles. The first-order valence-corrected chi connectivity index (χ1v) is 12.3. The number of nitro groups is 1. The van der Waals surface area contributed by atoms with Crippen LogP contribution in [-0.2, 0) is 12.8 Å². The molecule has 0 spiro atoms. The molecule has 2 amide bonds. The number of urea groups is 1. The summed E-state index contributed by atoms with van der Waals surface area (Å²) in [6, 6.07) is 2.46. The van der Waals surface area contributed by atoms with Crippen LogP contribution in [0.15, 0.2) is 12.1 Å². The number of benzene rings is 1. The minimum Gasteiger partial charge on any atom is -0.362 e. The van der Waals surface area contributed by atoms with Crippen LogP contribution in [-0.4, -0.2) is 47.1 Å². The molecule has 188 valence electrons. The second kappa shape index (κ2) is 10.1. The molecule has 0 radical (unpaired) electrons. The van der Waals surface area contributed by atoms with Gasteiger partial charge in [0.1, 0.15) is 11.5 Å². The highest BCUT2D eigenvalue weighted by molar-refractivity contribution is 5.95. The summed E-state index contributed by atoms with van der Waals surface area (Å²) in [4.78, 5) is 36.9. The van der Waals surface area contributed by atoms with Gasteiger partial charge in [0, 0.05) is 37.8 Å². The molecule has 2 aliphatic rings. The zero-order valence-electron chi connectivity index (χ0n) is 21.0. The number of nitrogens with zero attached hydrogens (tertiary/aromatic N) is 5. The van der Waals surface area contributed by atoms with E-state index in [0.717, 1.165) is 49.2 Å². The Kier molecular flexibility index (Phi) is 7.09. The predicted molar refractivity (Wildman–Crippen MR) is 137 cm³/mol. The maximum Gasteiger partial charge on any atom is 0.319 e. The van der Waals surface area contributed by atoms with Gasteiger partial charge in [-0.1, -0.05) is 6.07 Å². The number of anilines is 3. The molecular formula is C25H35N7O3. The van der Waals surface area contributed by atoms with Crippen LogP contribution in [0.3, 0.4) is 0 Å². The Labute approximate surface area is 206 Å². The molecule has 2 aromatic rings. The Balaban J connectivity index is 1.52. The minimum atomic E-state index is -0.660. The van der Waals surface area contributed by atoms with Crippen LogP contribution in [0.2, 0.25) is 0 Å². The van der Waals surface area contributed by atoms with Gasteiger partial charge in [-0.15, -0.1) is 0 Å². The van der Waals surface area contributed by atoms with E-state index < -0.39 is 11.0 Å². The molecule has 2 aliphatic carbocycles. The molecule has 10 heteroatoms. The number of aryl methyl sites for hydroxylation is 2. The number of amides is 2. The number of fused-ring (bicyclic) bond motifs is 1. The van der Waals surface area contributed by atoms with Crippen molar-refractivity contribution in [2.45, 2.75) is 77.3 Å². The van der Waals surface area contributed by atoms with Crippen LogP contribution in [0.5, 0.6) is 0 Å². The Bertz CT molecular complexity index is 1130. The van der Waals surface area contributed by atoms with Crippen LogP contribution in [0.4, 0.5) is 27.9 Å². The van der Waals surface area contributed by atoms with E-state index in [2.05, 4.69) is 10.2 Å². The number of nitro benzene ring substituents is 1. The maximum absolute atomic E-state index is 12.5. The number of primary amides is 1. The Hall–Kier alpha value is -3.43. The minimum absolute atomic E-state index is 0.0918. The van der Waals surface area contributed by atoms with Crippen LogP contribution in [0, 0.1) is 24.0 Å². The predicted octanol–water partition coefficient (Wildman–Crippen LogP) is 4.25. The van der Waals surface area contributed by atoms with Crippen LogP contribution < -0.4 is 20.9 Å². The normalized spacial score (nSPS) is 19.5. The van der Waals surface area contributed by atoms with Gasteiger partial charge in [0.05, 0.1) is 10.6 Å². The van der Waals surface area contributed by atoms with Crippen molar-refractivity contribution >= 4 is 29.2 Å². The van der Waals surface area contributed by atoms with Crippen molar-refractivity contribution in [3.63, 3.8) is 0 Å². The van der Waals surface area contributed by atoms with Crippen molar-refractivity contribution < 1.29 is 9.72 Å². The van der Waals surface area contributed by atoms with E-state index in [-0.39, 0.29) is 17.8 Å². The number of carbonyl (C=O) groups is 1. The molecule has 1 fully saturated rings. The van der Waals surface area contributed by atoms with Gasteiger partial charge in [0.15, 0.2) is 0 Å². The first kappa shape index (κ1) is 24.7. The summed E-state index contributed by atoms with van der Waals surface area (Å²) >= 11 is 0. The molecule has 3 N–H and O–H groups in total. The van der Waals surface area contributed by atoms with Gasteiger partial charge in [0.2, 0.25) is 5.95 Å². The number of hydrogen-bond acceptors (Lipinski definition) is 7. The molecule has 35 heavy (non-hydrogen) atoms. The van der Waals surface area contributed by atoms with E-state index in [1.54, 1.807) is 13.0 Å². The summed E-state index contributed by atoms with van der Waals surface area (Å²) in [5.74, 6) is 1.63. The summed E-state index contributed by atoms with van der Waals surface area (Å²) in [6.45, 7) is 3.68. The lowest BCUT2D eigenvalue weighted by molar-refractivity contribution is -0.384. The van der Waals surface area contributed by atoms with E-state index in [1.165, 1.54) is 23.0 Å². The molecule has 10 nitrogen and oxygen atoms in total. The van der Waals surface area contributed by atoms with E-state index in [4.69, 9.17) is 15.7 Å². The summed E-state index contributed by atoms with van der Waals surface area (Å²) < 4.78 is 0. The molecule has 1 saturated carbocycles. The third-order valence-corrected chi connectivity index (χ3v) is 7.34. The van der Waals surface area contributed by atoms with E-state index in [1.807, 2.05) is 21.0 Å². The molecule has 4 rings (SSSR count). The lowest BCUT2D eigenvalue weighted by atomic mass is 9.89. The summed E-state index contributed by atoms with van der Waals surface area (Å²) in [7, 11) is 4.02. The van der Waals surface area contributed by atoms with Gasteiger partial charge in [-0.05, 0) is 76.3 Å².